The van der Waals surface area contributed by atoms with Gasteiger partial charge in [-0.3, -0.25) is 9.59 Å². The smallest absolute Gasteiger partial charge is 0.244 e. The number of likely N-dealkylation sites (N-methyl/N-ethyl adjacent to an activating group) is 1. The normalized spacial score (nSPS) is 17.5. The van der Waals surface area contributed by atoms with Crippen molar-refractivity contribution in [3.8, 4) is 10.6 Å². The van der Waals surface area contributed by atoms with Crippen molar-refractivity contribution in [1.82, 2.24) is 14.8 Å². The molecule has 2 aromatic rings. The fourth-order valence-corrected chi connectivity index (χ4v) is 4.32. The lowest BCUT2D eigenvalue weighted by Gasteiger charge is -2.26. The quantitative estimate of drug-likeness (QED) is 0.852. The fourth-order valence-electron chi connectivity index (χ4n) is 2.78. The van der Waals surface area contributed by atoms with E-state index in [1.807, 2.05) is 16.8 Å². The van der Waals surface area contributed by atoms with E-state index in [4.69, 9.17) is 0 Å². The molecule has 2 amide bonds. The van der Waals surface area contributed by atoms with Crippen LogP contribution in [0, 0.1) is 0 Å². The highest BCUT2D eigenvalue weighted by Crippen LogP contribution is 2.26. The second-order valence-corrected chi connectivity index (χ2v) is 7.45. The number of hydrogen-bond donors (Lipinski definition) is 0. The van der Waals surface area contributed by atoms with Crippen molar-refractivity contribution in [3.05, 3.63) is 27.9 Å². The predicted octanol–water partition coefficient (Wildman–Crippen LogP) is 2.49. The number of thiazole rings is 1. The van der Waals surface area contributed by atoms with Crippen LogP contribution < -0.4 is 0 Å². The van der Waals surface area contributed by atoms with Gasteiger partial charge in [0.25, 0.3) is 0 Å². The molecular weight excluding hydrogens is 330 g/mol. The summed E-state index contributed by atoms with van der Waals surface area (Å²) in [4.78, 5) is 32.6. The van der Waals surface area contributed by atoms with Crippen LogP contribution in [0.2, 0.25) is 0 Å². The molecule has 1 fully saturated rings. The van der Waals surface area contributed by atoms with Crippen LogP contribution in [0.1, 0.15) is 18.5 Å². The lowest BCUT2D eigenvalue weighted by Crippen LogP contribution is -2.46. The van der Waals surface area contributed by atoms with Gasteiger partial charge in [-0.1, -0.05) is 0 Å². The Morgan fingerprint density at radius 3 is 2.91 bits per heavy atom. The van der Waals surface area contributed by atoms with Crippen molar-refractivity contribution in [2.24, 2.45) is 0 Å². The van der Waals surface area contributed by atoms with E-state index in [-0.39, 0.29) is 24.3 Å². The summed E-state index contributed by atoms with van der Waals surface area (Å²) in [5.41, 5.74) is 1.88. The van der Waals surface area contributed by atoms with Crippen LogP contribution in [0.15, 0.2) is 22.2 Å². The molecule has 0 N–H and O–H groups in total. The van der Waals surface area contributed by atoms with E-state index in [1.165, 1.54) is 0 Å². The third-order valence-corrected chi connectivity index (χ3v) is 5.57. The minimum atomic E-state index is -0.313. The topological polar surface area (TPSA) is 53.5 Å². The molecule has 1 saturated heterocycles. The maximum absolute atomic E-state index is 12.6. The number of amides is 2. The van der Waals surface area contributed by atoms with E-state index < -0.39 is 0 Å². The number of rotatable bonds is 4. The number of hydrogen-bond acceptors (Lipinski definition) is 5. The summed E-state index contributed by atoms with van der Waals surface area (Å²) >= 11 is 3.19. The summed E-state index contributed by atoms with van der Waals surface area (Å²) in [6.07, 6.45) is 1.89. The highest BCUT2D eigenvalue weighted by molar-refractivity contribution is 7.14. The Bertz CT molecular complexity index is 694. The van der Waals surface area contributed by atoms with Crippen LogP contribution in [0.25, 0.3) is 10.6 Å². The Hall–Kier alpha value is -1.73. The maximum atomic E-state index is 12.6. The minimum Gasteiger partial charge on any atom is -0.347 e. The second-order valence-electron chi connectivity index (χ2n) is 5.81. The average Bonchev–Trinajstić information content (AvgIpc) is 3.26. The summed E-state index contributed by atoms with van der Waals surface area (Å²) in [6, 6.07) is 1.72. The Labute approximate surface area is 143 Å². The molecule has 0 saturated carbocycles. The molecule has 7 heteroatoms. The van der Waals surface area contributed by atoms with Crippen LogP contribution in [0.4, 0.5) is 0 Å². The summed E-state index contributed by atoms with van der Waals surface area (Å²) in [7, 11) is 3.47. The van der Waals surface area contributed by atoms with Gasteiger partial charge in [0.1, 0.15) is 11.0 Å². The lowest BCUT2D eigenvalue weighted by atomic mass is 10.2. The first-order valence-electron chi connectivity index (χ1n) is 7.54. The Morgan fingerprint density at radius 2 is 2.22 bits per heavy atom. The zero-order chi connectivity index (χ0) is 16.4. The van der Waals surface area contributed by atoms with Gasteiger partial charge in [0, 0.05) is 37.0 Å². The zero-order valence-corrected chi connectivity index (χ0v) is 14.8. The molecule has 2 aromatic heterocycles. The molecule has 1 aliphatic heterocycles. The molecule has 0 radical (unpaired) electrons. The third kappa shape index (κ3) is 3.45. The van der Waals surface area contributed by atoms with Crippen LogP contribution in [-0.4, -0.2) is 53.3 Å². The molecule has 23 heavy (non-hydrogen) atoms. The molecule has 0 aliphatic carbocycles. The van der Waals surface area contributed by atoms with Gasteiger partial charge in [0.05, 0.1) is 12.1 Å². The van der Waals surface area contributed by atoms with E-state index in [0.717, 1.165) is 29.1 Å². The highest BCUT2D eigenvalue weighted by atomic mass is 32.1. The van der Waals surface area contributed by atoms with Crippen molar-refractivity contribution >= 4 is 34.5 Å². The first-order chi connectivity index (χ1) is 11.1. The number of thiophene rings is 1. The van der Waals surface area contributed by atoms with Crippen molar-refractivity contribution < 1.29 is 9.59 Å². The van der Waals surface area contributed by atoms with Crippen LogP contribution in [0.3, 0.4) is 0 Å². The zero-order valence-electron chi connectivity index (χ0n) is 13.2. The number of carbonyl (C=O) groups is 2. The van der Waals surface area contributed by atoms with E-state index in [1.54, 1.807) is 46.6 Å². The molecule has 3 heterocycles. The van der Waals surface area contributed by atoms with Crippen molar-refractivity contribution in [2.75, 3.05) is 20.6 Å². The van der Waals surface area contributed by atoms with Crippen molar-refractivity contribution in [2.45, 2.75) is 25.3 Å². The van der Waals surface area contributed by atoms with E-state index in [9.17, 15) is 9.59 Å². The third-order valence-electron chi connectivity index (χ3n) is 3.95. The highest BCUT2D eigenvalue weighted by Gasteiger charge is 2.34. The Balaban J connectivity index is 1.68. The Morgan fingerprint density at radius 1 is 1.39 bits per heavy atom. The van der Waals surface area contributed by atoms with E-state index >= 15 is 0 Å². The lowest BCUT2D eigenvalue weighted by molar-refractivity contribution is -0.141. The van der Waals surface area contributed by atoms with Gasteiger partial charge >= 0.3 is 0 Å². The van der Waals surface area contributed by atoms with Crippen LogP contribution >= 0.6 is 22.7 Å². The fraction of sp³-hybridized carbons (Fsp3) is 0.438. The van der Waals surface area contributed by atoms with Gasteiger partial charge in [0.2, 0.25) is 11.8 Å². The van der Waals surface area contributed by atoms with Gasteiger partial charge in [0.15, 0.2) is 0 Å². The molecule has 1 atom stereocenters. The molecular formula is C16H19N3O2S2. The van der Waals surface area contributed by atoms with Crippen LogP contribution in [-0.2, 0) is 16.0 Å². The van der Waals surface area contributed by atoms with Gasteiger partial charge in [-0.05, 0) is 24.3 Å². The summed E-state index contributed by atoms with van der Waals surface area (Å²) in [5, 5.41) is 6.94. The van der Waals surface area contributed by atoms with Crippen LogP contribution in [0.5, 0.6) is 0 Å². The monoisotopic (exact) mass is 349 g/mol. The minimum absolute atomic E-state index is 0.00749. The average molecular weight is 349 g/mol. The molecule has 1 unspecified atom stereocenters. The molecule has 0 bridgehead atoms. The summed E-state index contributed by atoms with van der Waals surface area (Å²) < 4.78 is 0. The van der Waals surface area contributed by atoms with Gasteiger partial charge in [-0.2, -0.15) is 11.3 Å². The first kappa shape index (κ1) is 16.1. The number of aromatic nitrogens is 1. The predicted molar refractivity (Wildman–Crippen MR) is 92.6 cm³/mol. The molecule has 5 nitrogen and oxygen atoms in total. The molecule has 1 aliphatic rings. The standard InChI is InChI=1S/C16H19N3O2S2/c1-18(2)16(21)13-4-3-6-19(13)14(20)8-12-10-23-15(17-12)11-5-7-22-9-11/h5,7,9-10,13H,3-4,6,8H2,1-2H3. The molecule has 0 spiro atoms. The molecule has 3 rings (SSSR count). The van der Waals surface area contributed by atoms with Gasteiger partial charge in [-0.25, -0.2) is 4.98 Å². The van der Waals surface area contributed by atoms with E-state index in [2.05, 4.69) is 10.4 Å². The van der Waals surface area contributed by atoms with E-state index in [0.29, 0.717) is 6.54 Å². The second kappa shape index (κ2) is 6.80. The number of likely N-dealkylation sites (tertiary alicyclic amines) is 1. The summed E-state index contributed by atoms with van der Waals surface area (Å²) in [6.45, 7) is 0.657. The SMILES string of the molecule is CN(C)C(=O)C1CCCN1C(=O)Cc1csc(-c2ccsc2)n1. The number of nitrogens with zero attached hydrogens (tertiary/aromatic N) is 3. The van der Waals surface area contributed by atoms with Gasteiger partial charge < -0.3 is 9.80 Å². The number of carbonyl (C=O) groups excluding carboxylic acids is 2. The van der Waals surface area contributed by atoms with Crippen molar-refractivity contribution in [1.29, 1.82) is 0 Å². The Kier molecular flexibility index (Phi) is 4.77. The molecule has 122 valence electrons. The maximum Gasteiger partial charge on any atom is 0.244 e. The first-order valence-corrected chi connectivity index (χ1v) is 9.36. The van der Waals surface area contributed by atoms with Gasteiger partial charge in [-0.15, -0.1) is 11.3 Å². The van der Waals surface area contributed by atoms with Crippen molar-refractivity contribution in [3.63, 3.8) is 0 Å². The largest absolute Gasteiger partial charge is 0.347 e. The summed E-state index contributed by atoms with van der Waals surface area (Å²) in [5.74, 6) is -0.00189. The molecule has 0 aromatic carbocycles.